The van der Waals surface area contributed by atoms with Gasteiger partial charge in [-0.15, -0.1) is 5.10 Å². The molecule has 0 saturated carbocycles. The summed E-state index contributed by atoms with van der Waals surface area (Å²) in [6.45, 7) is 4.60. The number of benzene rings is 2. The normalized spacial score (nSPS) is 12.1. The summed E-state index contributed by atoms with van der Waals surface area (Å²) in [6.07, 6.45) is 6.02. The molecule has 196 valence electrons. The predicted octanol–water partition coefficient (Wildman–Crippen LogP) is 5.49. The van der Waals surface area contributed by atoms with Crippen LogP contribution >= 0.6 is 11.6 Å². The second-order valence-corrected chi connectivity index (χ2v) is 9.54. The molecule has 1 unspecified atom stereocenters. The highest BCUT2D eigenvalue weighted by Gasteiger charge is 2.13. The van der Waals surface area contributed by atoms with Gasteiger partial charge < -0.3 is 19.0 Å². The molecule has 1 atom stereocenters. The Balaban J connectivity index is 1.31. The molecule has 0 aliphatic heterocycles. The summed E-state index contributed by atoms with van der Waals surface area (Å²) < 4.78 is 18.6. The third-order valence-electron chi connectivity index (χ3n) is 6.15. The van der Waals surface area contributed by atoms with Gasteiger partial charge in [0.05, 0.1) is 12.7 Å². The van der Waals surface area contributed by atoms with E-state index in [0.717, 1.165) is 42.2 Å². The molecule has 37 heavy (non-hydrogen) atoms. The lowest BCUT2D eigenvalue weighted by atomic mass is 10.0. The summed E-state index contributed by atoms with van der Waals surface area (Å²) in [4.78, 5) is 12.6. The summed E-state index contributed by atoms with van der Waals surface area (Å²) in [6, 6.07) is 12.5. The first-order valence-electron chi connectivity index (χ1n) is 12.6. The van der Waals surface area contributed by atoms with E-state index in [0.29, 0.717) is 27.8 Å². The minimum Gasteiger partial charge on any atom is -0.491 e. The van der Waals surface area contributed by atoms with Crippen molar-refractivity contribution in [2.75, 3.05) is 6.61 Å². The van der Waals surface area contributed by atoms with Crippen molar-refractivity contribution >= 4 is 22.6 Å². The van der Waals surface area contributed by atoms with E-state index in [1.807, 2.05) is 31.2 Å². The van der Waals surface area contributed by atoms with E-state index in [9.17, 15) is 9.90 Å². The first-order chi connectivity index (χ1) is 17.9. The van der Waals surface area contributed by atoms with Crippen LogP contribution in [-0.2, 0) is 19.6 Å². The maximum atomic E-state index is 12.6. The maximum Gasteiger partial charge on any atom is 0.339 e. The molecule has 0 aliphatic carbocycles. The average Bonchev–Trinajstić information content (AvgIpc) is 3.32. The minimum absolute atomic E-state index is 0.0401. The van der Waals surface area contributed by atoms with E-state index in [1.54, 1.807) is 24.4 Å². The summed E-state index contributed by atoms with van der Waals surface area (Å²) in [7, 11) is 0. The Kier molecular flexibility index (Phi) is 9.19. The number of nitrogens with zero attached hydrogens (tertiary/aromatic N) is 3. The Hall–Kier alpha value is -3.36. The third-order valence-corrected chi connectivity index (χ3v) is 6.38. The van der Waals surface area contributed by atoms with Crippen LogP contribution in [0.2, 0.25) is 5.02 Å². The van der Waals surface area contributed by atoms with E-state index in [4.69, 9.17) is 25.5 Å². The van der Waals surface area contributed by atoms with Crippen molar-refractivity contribution in [2.45, 2.75) is 65.2 Å². The van der Waals surface area contributed by atoms with E-state index < -0.39 is 6.10 Å². The van der Waals surface area contributed by atoms with Crippen LogP contribution in [0, 0.1) is 6.92 Å². The molecule has 0 fully saturated rings. The van der Waals surface area contributed by atoms with E-state index >= 15 is 0 Å². The highest BCUT2D eigenvalue weighted by Crippen LogP contribution is 2.25. The first kappa shape index (κ1) is 26.7. The van der Waals surface area contributed by atoms with Crippen LogP contribution in [0.1, 0.15) is 49.4 Å². The van der Waals surface area contributed by atoms with Gasteiger partial charge in [0.1, 0.15) is 42.1 Å². The summed E-state index contributed by atoms with van der Waals surface area (Å²) in [5.41, 5.74) is 2.51. The smallest absolute Gasteiger partial charge is 0.339 e. The second kappa shape index (κ2) is 12.7. The number of unbranched alkanes of at least 4 members (excludes halogenated alkanes) is 3. The van der Waals surface area contributed by atoms with Gasteiger partial charge in [0.25, 0.3) is 0 Å². The van der Waals surface area contributed by atoms with Gasteiger partial charge >= 0.3 is 5.63 Å². The summed E-state index contributed by atoms with van der Waals surface area (Å²) in [5.74, 6) is 1.15. The molecule has 9 heteroatoms. The average molecular weight is 526 g/mol. The van der Waals surface area contributed by atoms with Crippen LogP contribution in [0.4, 0.5) is 0 Å². The number of aliphatic hydroxyl groups is 1. The van der Waals surface area contributed by atoms with Crippen molar-refractivity contribution in [2.24, 2.45) is 0 Å². The molecule has 1 N–H and O–H groups in total. The molecule has 4 aromatic rings. The molecule has 4 rings (SSSR count). The van der Waals surface area contributed by atoms with Gasteiger partial charge in [0, 0.05) is 22.0 Å². The van der Waals surface area contributed by atoms with Crippen LogP contribution in [-0.4, -0.2) is 32.8 Å². The number of aromatic nitrogens is 3. The maximum absolute atomic E-state index is 12.6. The summed E-state index contributed by atoms with van der Waals surface area (Å²) >= 11 is 5.97. The largest absolute Gasteiger partial charge is 0.491 e. The number of hydrogen-bond acceptors (Lipinski definition) is 7. The first-order valence-corrected chi connectivity index (χ1v) is 12.9. The molecule has 0 saturated heterocycles. The highest BCUT2D eigenvalue weighted by atomic mass is 35.5. The fourth-order valence-corrected chi connectivity index (χ4v) is 4.33. The Labute approximate surface area is 220 Å². The van der Waals surface area contributed by atoms with Gasteiger partial charge in [-0.3, -0.25) is 0 Å². The van der Waals surface area contributed by atoms with Crippen LogP contribution in [0.5, 0.6) is 11.5 Å². The van der Waals surface area contributed by atoms with Gasteiger partial charge in [-0.1, -0.05) is 49.1 Å². The number of halogens is 1. The van der Waals surface area contributed by atoms with Gasteiger partial charge in [-0.25, -0.2) is 9.48 Å². The van der Waals surface area contributed by atoms with Crippen molar-refractivity contribution in [3.8, 4) is 11.5 Å². The molecule has 0 spiro atoms. The Bertz CT molecular complexity index is 1380. The van der Waals surface area contributed by atoms with Crippen molar-refractivity contribution in [1.29, 1.82) is 0 Å². The fraction of sp³-hybridized carbons (Fsp3) is 0.393. The van der Waals surface area contributed by atoms with Gasteiger partial charge in [0.2, 0.25) is 0 Å². The number of fused-ring (bicyclic) bond motifs is 1. The lowest BCUT2D eigenvalue weighted by molar-refractivity contribution is 0.0888. The molecule has 2 aromatic heterocycles. The molecule has 2 heterocycles. The van der Waals surface area contributed by atoms with Crippen LogP contribution in [0.25, 0.3) is 11.0 Å². The number of aryl methyl sites for hydroxylation is 1. The van der Waals surface area contributed by atoms with Gasteiger partial charge in [0.15, 0.2) is 0 Å². The fourth-order valence-electron chi connectivity index (χ4n) is 4.15. The van der Waals surface area contributed by atoms with E-state index in [1.165, 1.54) is 11.1 Å². The summed E-state index contributed by atoms with van der Waals surface area (Å²) in [5, 5.41) is 20.0. The van der Waals surface area contributed by atoms with E-state index in [2.05, 4.69) is 17.2 Å². The molecule has 0 bridgehead atoms. The van der Waals surface area contributed by atoms with Crippen LogP contribution in [0.3, 0.4) is 0 Å². The van der Waals surface area contributed by atoms with Gasteiger partial charge in [-0.2, -0.15) is 0 Å². The molecule has 0 amide bonds. The molecule has 0 aliphatic rings. The zero-order valence-electron chi connectivity index (χ0n) is 21.2. The Morgan fingerprint density at radius 2 is 1.95 bits per heavy atom. The van der Waals surface area contributed by atoms with Crippen molar-refractivity contribution in [3.05, 3.63) is 80.9 Å². The van der Waals surface area contributed by atoms with Gasteiger partial charge in [-0.05, 0) is 55.7 Å². The SMILES string of the molecule is CCCCCCc1c(C)c2ccc(OCC(O)Cn3cc(COc4cccc(Cl)c4)nn3)cc2oc1=O. The number of rotatable bonds is 13. The number of hydrogen-bond donors (Lipinski definition) is 1. The number of ether oxygens (including phenoxy) is 2. The van der Waals surface area contributed by atoms with E-state index in [-0.39, 0.29) is 25.4 Å². The quantitative estimate of drug-likeness (QED) is 0.182. The molecule has 2 aromatic carbocycles. The zero-order valence-corrected chi connectivity index (χ0v) is 21.9. The van der Waals surface area contributed by atoms with Crippen molar-refractivity contribution < 1.29 is 19.0 Å². The molecular formula is C28H32ClN3O5. The Morgan fingerprint density at radius 1 is 1.11 bits per heavy atom. The minimum atomic E-state index is -0.821. The van der Waals surface area contributed by atoms with Crippen LogP contribution in [0.15, 0.2) is 57.9 Å². The molecule has 8 nitrogen and oxygen atoms in total. The predicted molar refractivity (Wildman–Crippen MR) is 142 cm³/mol. The lowest BCUT2D eigenvalue weighted by Gasteiger charge is -2.13. The Morgan fingerprint density at radius 3 is 2.76 bits per heavy atom. The van der Waals surface area contributed by atoms with Crippen molar-refractivity contribution in [3.63, 3.8) is 0 Å². The third kappa shape index (κ3) is 7.33. The zero-order chi connectivity index (χ0) is 26.2. The highest BCUT2D eigenvalue weighted by molar-refractivity contribution is 6.30. The topological polar surface area (TPSA) is 99.6 Å². The second-order valence-electron chi connectivity index (χ2n) is 9.10. The van der Waals surface area contributed by atoms with Crippen molar-refractivity contribution in [1.82, 2.24) is 15.0 Å². The standard InChI is InChI=1S/C28H32ClN3O5/c1-3-4-5-6-10-26-19(2)25-12-11-24(14-27(25)37-28(26)34)36-18-22(33)16-32-15-21(30-31-32)17-35-23-9-7-8-20(29)13-23/h7-9,11-15,22,33H,3-6,10,16-18H2,1-2H3. The van der Waals surface area contributed by atoms with Crippen LogP contribution < -0.4 is 15.1 Å². The number of aliphatic hydroxyl groups excluding tert-OH is 1. The monoisotopic (exact) mass is 525 g/mol. The molecule has 0 radical (unpaired) electrons. The molecular weight excluding hydrogens is 494 g/mol. The lowest BCUT2D eigenvalue weighted by Crippen LogP contribution is -2.24.